The molecule has 100 valence electrons. The van der Waals surface area contributed by atoms with Crippen LogP contribution in [0.2, 0.25) is 0 Å². The minimum absolute atomic E-state index is 0.159. The molecule has 0 aromatic heterocycles. The molecule has 0 radical (unpaired) electrons. The Kier molecular flexibility index (Phi) is 5.62. The van der Waals surface area contributed by atoms with Gasteiger partial charge in [-0.1, -0.05) is 20.3 Å². The van der Waals surface area contributed by atoms with Crippen molar-refractivity contribution in [2.45, 2.75) is 46.1 Å². The lowest BCUT2D eigenvalue weighted by Gasteiger charge is -2.18. The maximum atomic E-state index is 13.7. The number of benzene rings is 1. The first-order valence-corrected chi connectivity index (χ1v) is 6.40. The highest BCUT2D eigenvalue weighted by Gasteiger charge is 2.09. The number of rotatable bonds is 6. The van der Waals surface area contributed by atoms with Gasteiger partial charge in [0.2, 0.25) is 5.91 Å². The number of halogens is 1. The van der Waals surface area contributed by atoms with Crippen LogP contribution in [0.15, 0.2) is 18.2 Å². The van der Waals surface area contributed by atoms with E-state index in [1.807, 2.05) is 0 Å². The lowest BCUT2D eigenvalue weighted by atomic mass is 10.1. The zero-order valence-electron chi connectivity index (χ0n) is 11.2. The molecule has 4 heteroatoms. The lowest BCUT2D eigenvalue weighted by Crippen LogP contribution is -2.19. The maximum absolute atomic E-state index is 13.7. The van der Waals surface area contributed by atoms with Crippen molar-refractivity contribution in [3.63, 3.8) is 0 Å². The summed E-state index contributed by atoms with van der Waals surface area (Å²) < 4.78 is 13.7. The molecule has 0 aliphatic heterocycles. The molecule has 0 saturated carbocycles. The van der Waals surface area contributed by atoms with Gasteiger partial charge < -0.3 is 10.6 Å². The van der Waals surface area contributed by atoms with Crippen LogP contribution in [0, 0.1) is 5.82 Å². The van der Waals surface area contributed by atoms with E-state index in [0.717, 1.165) is 19.3 Å². The Hall–Kier alpha value is -1.58. The molecule has 1 aromatic carbocycles. The fraction of sp³-hybridized carbons (Fsp3) is 0.500. The number of carbonyl (C=O) groups is 1. The van der Waals surface area contributed by atoms with Crippen LogP contribution in [-0.4, -0.2) is 11.9 Å². The van der Waals surface area contributed by atoms with Crippen molar-refractivity contribution in [3.05, 3.63) is 24.0 Å². The van der Waals surface area contributed by atoms with Crippen LogP contribution in [0.25, 0.3) is 0 Å². The summed E-state index contributed by atoms with van der Waals surface area (Å²) in [5.41, 5.74) is 1.05. The molecule has 1 atom stereocenters. The molecule has 1 aromatic rings. The Bertz CT molecular complexity index is 407. The first-order chi connectivity index (χ1) is 8.56. The number of amides is 1. The van der Waals surface area contributed by atoms with Crippen molar-refractivity contribution in [1.29, 1.82) is 0 Å². The molecule has 1 unspecified atom stereocenters. The Morgan fingerprint density at radius 2 is 2.11 bits per heavy atom. The third-order valence-corrected chi connectivity index (χ3v) is 2.78. The van der Waals surface area contributed by atoms with E-state index < -0.39 is 0 Å². The average molecular weight is 252 g/mol. The van der Waals surface area contributed by atoms with Gasteiger partial charge in [0.25, 0.3) is 0 Å². The van der Waals surface area contributed by atoms with E-state index in [-0.39, 0.29) is 17.8 Å². The highest BCUT2D eigenvalue weighted by atomic mass is 19.1. The van der Waals surface area contributed by atoms with Crippen molar-refractivity contribution < 1.29 is 9.18 Å². The molecular weight excluding hydrogens is 231 g/mol. The molecule has 0 bridgehead atoms. The third kappa shape index (κ3) is 4.35. The number of nitrogens with one attached hydrogen (secondary N) is 2. The molecule has 0 aliphatic rings. The first-order valence-electron chi connectivity index (χ1n) is 6.40. The summed E-state index contributed by atoms with van der Waals surface area (Å²) in [6.07, 6.45) is 3.00. The molecule has 3 nitrogen and oxygen atoms in total. The Morgan fingerprint density at radius 1 is 1.39 bits per heavy atom. The Balaban J connectivity index is 2.82. The van der Waals surface area contributed by atoms with Gasteiger partial charge in [-0.15, -0.1) is 0 Å². The number of carbonyl (C=O) groups excluding carboxylic acids is 1. The smallest absolute Gasteiger partial charge is 0.221 e. The van der Waals surface area contributed by atoms with Crippen molar-refractivity contribution in [2.24, 2.45) is 0 Å². The van der Waals surface area contributed by atoms with Gasteiger partial charge in [-0.25, -0.2) is 4.39 Å². The summed E-state index contributed by atoms with van der Waals surface area (Å²) in [5, 5.41) is 5.84. The fourth-order valence-corrected chi connectivity index (χ4v) is 1.86. The van der Waals surface area contributed by atoms with Gasteiger partial charge in [0.15, 0.2) is 0 Å². The van der Waals surface area contributed by atoms with Gasteiger partial charge in [-0.3, -0.25) is 4.79 Å². The molecule has 1 rings (SSSR count). The van der Waals surface area contributed by atoms with E-state index in [1.165, 1.54) is 13.0 Å². The molecule has 0 aliphatic carbocycles. The van der Waals surface area contributed by atoms with Crippen LogP contribution in [0.1, 0.15) is 40.0 Å². The third-order valence-electron chi connectivity index (χ3n) is 2.78. The summed E-state index contributed by atoms with van der Waals surface area (Å²) in [7, 11) is 0. The fourth-order valence-electron chi connectivity index (χ4n) is 1.86. The Morgan fingerprint density at radius 3 is 2.67 bits per heavy atom. The van der Waals surface area contributed by atoms with Crippen LogP contribution >= 0.6 is 0 Å². The minimum Gasteiger partial charge on any atom is -0.380 e. The van der Waals surface area contributed by atoms with E-state index in [2.05, 4.69) is 24.5 Å². The van der Waals surface area contributed by atoms with Crippen molar-refractivity contribution >= 4 is 17.3 Å². The second-order valence-electron chi connectivity index (χ2n) is 4.41. The lowest BCUT2D eigenvalue weighted by molar-refractivity contribution is -0.114. The number of hydrogen-bond acceptors (Lipinski definition) is 2. The topological polar surface area (TPSA) is 41.1 Å². The quantitative estimate of drug-likeness (QED) is 0.809. The predicted octanol–water partition coefficient (Wildman–Crippen LogP) is 3.77. The van der Waals surface area contributed by atoms with E-state index in [1.54, 1.807) is 12.1 Å². The molecule has 0 saturated heterocycles. The maximum Gasteiger partial charge on any atom is 0.221 e. The van der Waals surface area contributed by atoms with Crippen molar-refractivity contribution in [1.82, 2.24) is 0 Å². The predicted molar refractivity (Wildman–Crippen MR) is 73.3 cm³/mol. The molecule has 18 heavy (non-hydrogen) atoms. The van der Waals surface area contributed by atoms with E-state index in [4.69, 9.17) is 0 Å². The van der Waals surface area contributed by atoms with Crippen LogP contribution in [0.5, 0.6) is 0 Å². The molecule has 1 amide bonds. The molecular formula is C14H21FN2O. The van der Waals surface area contributed by atoms with E-state index in [0.29, 0.717) is 11.4 Å². The molecule has 0 spiro atoms. The second-order valence-corrected chi connectivity index (χ2v) is 4.41. The van der Waals surface area contributed by atoms with Crippen LogP contribution in [-0.2, 0) is 4.79 Å². The van der Waals surface area contributed by atoms with Crippen LogP contribution in [0.4, 0.5) is 15.8 Å². The Labute approximate surface area is 108 Å². The highest BCUT2D eigenvalue weighted by Crippen LogP contribution is 2.22. The monoisotopic (exact) mass is 252 g/mol. The summed E-state index contributed by atoms with van der Waals surface area (Å²) in [4.78, 5) is 11.0. The van der Waals surface area contributed by atoms with E-state index in [9.17, 15) is 9.18 Å². The number of anilines is 2. The van der Waals surface area contributed by atoms with Gasteiger partial charge in [0.1, 0.15) is 5.82 Å². The van der Waals surface area contributed by atoms with Crippen molar-refractivity contribution in [2.75, 3.05) is 10.6 Å². The SMILES string of the molecule is CCCC(CC)Nc1cc(NC(C)=O)ccc1F. The van der Waals surface area contributed by atoms with Gasteiger partial charge in [0, 0.05) is 18.7 Å². The molecule has 0 heterocycles. The largest absolute Gasteiger partial charge is 0.380 e. The summed E-state index contributed by atoms with van der Waals surface area (Å²) >= 11 is 0. The summed E-state index contributed by atoms with van der Waals surface area (Å²) in [6, 6.07) is 4.82. The normalized spacial score (nSPS) is 12.0. The van der Waals surface area contributed by atoms with Gasteiger partial charge >= 0.3 is 0 Å². The number of hydrogen-bond donors (Lipinski definition) is 2. The minimum atomic E-state index is -0.293. The summed E-state index contributed by atoms with van der Waals surface area (Å²) in [6.45, 7) is 5.61. The van der Waals surface area contributed by atoms with Gasteiger partial charge in [-0.2, -0.15) is 0 Å². The summed E-state index contributed by atoms with van der Waals surface area (Å²) in [5.74, 6) is -0.452. The van der Waals surface area contributed by atoms with E-state index >= 15 is 0 Å². The van der Waals surface area contributed by atoms with Gasteiger partial charge in [0.05, 0.1) is 5.69 Å². The van der Waals surface area contributed by atoms with Gasteiger partial charge in [-0.05, 0) is 31.0 Å². The van der Waals surface area contributed by atoms with Crippen LogP contribution < -0.4 is 10.6 Å². The molecule has 2 N–H and O–H groups in total. The standard InChI is InChI=1S/C14H21FN2O/c1-4-6-11(5-2)17-14-9-12(16-10(3)18)7-8-13(14)15/h7-9,11,17H,4-6H2,1-3H3,(H,16,18). The zero-order chi connectivity index (χ0) is 13.5. The van der Waals surface area contributed by atoms with Crippen LogP contribution in [0.3, 0.4) is 0 Å². The molecule has 0 fully saturated rings. The van der Waals surface area contributed by atoms with Crippen molar-refractivity contribution in [3.8, 4) is 0 Å². The second kappa shape index (κ2) is 6.99. The first kappa shape index (κ1) is 14.5. The highest BCUT2D eigenvalue weighted by molar-refractivity contribution is 5.89. The zero-order valence-corrected chi connectivity index (χ0v) is 11.2. The average Bonchev–Trinajstić information content (AvgIpc) is 2.32.